The molecule has 8 nitrogen and oxygen atoms in total. The molecule has 4 rings (SSSR count). The lowest BCUT2D eigenvalue weighted by atomic mass is 10.1. The largest absolute Gasteiger partial charge is 0.497 e. The molecule has 1 saturated heterocycles. The van der Waals surface area contributed by atoms with Crippen LogP contribution >= 0.6 is 0 Å². The van der Waals surface area contributed by atoms with Gasteiger partial charge in [-0.3, -0.25) is 0 Å². The Balaban J connectivity index is 1.79. The molecule has 0 bridgehead atoms. The summed E-state index contributed by atoms with van der Waals surface area (Å²) >= 11 is 0. The van der Waals surface area contributed by atoms with Gasteiger partial charge in [-0.05, 0) is 69.5 Å². The van der Waals surface area contributed by atoms with Crippen molar-refractivity contribution in [2.75, 3.05) is 20.3 Å². The van der Waals surface area contributed by atoms with Crippen molar-refractivity contribution in [3.8, 4) is 23.1 Å². The fourth-order valence-corrected chi connectivity index (χ4v) is 4.37. The van der Waals surface area contributed by atoms with Crippen molar-refractivity contribution in [2.45, 2.75) is 58.7 Å². The first-order chi connectivity index (χ1) is 18.3. The number of aryl methyl sites for hydroxylation is 1. The zero-order chi connectivity index (χ0) is 27.2. The van der Waals surface area contributed by atoms with Crippen molar-refractivity contribution in [2.24, 2.45) is 0 Å². The van der Waals surface area contributed by atoms with E-state index in [1.54, 1.807) is 41.0 Å². The number of rotatable bonds is 10. The van der Waals surface area contributed by atoms with E-state index in [0.29, 0.717) is 42.3 Å². The minimum Gasteiger partial charge on any atom is -0.497 e. The number of ether oxygens (including phenoxy) is 3. The van der Waals surface area contributed by atoms with E-state index in [1.165, 1.54) is 6.07 Å². The maximum Gasteiger partial charge on any atom is 0.317 e. The molecule has 1 aromatic heterocycles. The lowest BCUT2D eigenvalue weighted by Crippen LogP contribution is -2.45. The summed E-state index contributed by atoms with van der Waals surface area (Å²) in [5.41, 5.74) is 1.97. The number of carbonyl (C=O) groups excluding carboxylic acids is 1. The third kappa shape index (κ3) is 6.42. The van der Waals surface area contributed by atoms with Crippen LogP contribution in [0.5, 0.6) is 17.4 Å². The number of carbonyl (C=O) groups is 1. The van der Waals surface area contributed by atoms with Gasteiger partial charge in [-0.25, -0.2) is 18.3 Å². The SMILES string of the molecule is CCc1nn(-c2ccc(OC)cc2)c(Oc2ccc(F)cc2F)c1CN(C[C@H]1CCCO1)C(=O)NC(C)C. The first-order valence-corrected chi connectivity index (χ1v) is 12.8. The highest BCUT2D eigenvalue weighted by Gasteiger charge is 2.28. The Morgan fingerprint density at radius 2 is 2.00 bits per heavy atom. The normalized spacial score (nSPS) is 15.1. The van der Waals surface area contributed by atoms with Crippen molar-refractivity contribution >= 4 is 6.03 Å². The molecule has 2 amide bonds. The molecule has 1 atom stereocenters. The van der Waals surface area contributed by atoms with Crippen LogP contribution in [0.2, 0.25) is 0 Å². The Labute approximate surface area is 221 Å². The summed E-state index contributed by atoms with van der Waals surface area (Å²) in [6.07, 6.45) is 2.27. The van der Waals surface area contributed by atoms with Crippen LogP contribution < -0.4 is 14.8 Å². The number of amides is 2. The first kappa shape index (κ1) is 27.4. The van der Waals surface area contributed by atoms with Crippen molar-refractivity contribution in [1.82, 2.24) is 20.0 Å². The van der Waals surface area contributed by atoms with E-state index in [4.69, 9.17) is 19.3 Å². The smallest absolute Gasteiger partial charge is 0.317 e. The van der Waals surface area contributed by atoms with E-state index in [0.717, 1.165) is 25.0 Å². The quantitative estimate of drug-likeness (QED) is 0.370. The minimum atomic E-state index is -0.842. The van der Waals surface area contributed by atoms with Crippen LogP contribution in [0.25, 0.3) is 5.69 Å². The third-order valence-corrected chi connectivity index (χ3v) is 6.27. The molecule has 38 heavy (non-hydrogen) atoms. The van der Waals surface area contributed by atoms with Crippen molar-refractivity contribution in [3.05, 3.63) is 65.4 Å². The van der Waals surface area contributed by atoms with Gasteiger partial charge in [0.15, 0.2) is 11.6 Å². The summed E-state index contributed by atoms with van der Waals surface area (Å²) in [4.78, 5) is 14.9. The molecule has 204 valence electrons. The number of halogens is 2. The lowest BCUT2D eigenvalue weighted by Gasteiger charge is -2.27. The molecule has 10 heteroatoms. The van der Waals surface area contributed by atoms with Crippen LogP contribution in [0.4, 0.5) is 13.6 Å². The summed E-state index contributed by atoms with van der Waals surface area (Å²) in [6, 6.07) is 10.0. The molecule has 3 aromatic rings. The Morgan fingerprint density at radius 3 is 2.61 bits per heavy atom. The third-order valence-electron chi connectivity index (χ3n) is 6.27. The fourth-order valence-electron chi connectivity index (χ4n) is 4.37. The molecule has 2 heterocycles. The standard InChI is InChI=1S/C28H34F2N4O4/c1-5-25-23(17-33(28(35)31-18(2)3)16-22-7-6-14-37-22)27(38-26-13-8-19(29)15-24(26)30)34(32-25)20-9-11-21(36-4)12-10-20/h8-13,15,18,22H,5-7,14,16-17H2,1-4H3,(H,31,35)/t22-/m1/s1. The number of methoxy groups -OCH3 is 1. The van der Waals surface area contributed by atoms with Gasteiger partial charge in [-0.2, -0.15) is 5.10 Å². The van der Waals surface area contributed by atoms with E-state index < -0.39 is 11.6 Å². The molecule has 2 aromatic carbocycles. The summed E-state index contributed by atoms with van der Waals surface area (Å²) in [7, 11) is 1.58. The van der Waals surface area contributed by atoms with Gasteiger partial charge in [0.1, 0.15) is 11.6 Å². The molecule has 1 aliphatic heterocycles. The van der Waals surface area contributed by atoms with Crippen LogP contribution in [0, 0.1) is 11.6 Å². The molecule has 0 aliphatic carbocycles. The van der Waals surface area contributed by atoms with Crippen LogP contribution in [0.3, 0.4) is 0 Å². The average Bonchev–Trinajstić information content (AvgIpc) is 3.53. The Kier molecular flexibility index (Phi) is 8.83. The van der Waals surface area contributed by atoms with Gasteiger partial charge in [-0.15, -0.1) is 0 Å². The summed E-state index contributed by atoms with van der Waals surface area (Å²) < 4.78 is 47.0. The van der Waals surface area contributed by atoms with Crippen molar-refractivity contribution in [3.63, 3.8) is 0 Å². The zero-order valence-electron chi connectivity index (χ0n) is 22.2. The Morgan fingerprint density at radius 1 is 1.24 bits per heavy atom. The maximum atomic E-state index is 14.7. The second-order valence-corrected chi connectivity index (χ2v) is 9.49. The number of hydrogen-bond acceptors (Lipinski definition) is 5. The Bertz CT molecular complexity index is 1240. The number of nitrogens with zero attached hydrogens (tertiary/aromatic N) is 3. The molecule has 1 N–H and O–H groups in total. The molecule has 1 aliphatic rings. The van der Waals surface area contributed by atoms with Crippen molar-refractivity contribution in [1.29, 1.82) is 0 Å². The topological polar surface area (TPSA) is 77.8 Å². The first-order valence-electron chi connectivity index (χ1n) is 12.8. The lowest BCUT2D eigenvalue weighted by molar-refractivity contribution is 0.0788. The summed E-state index contributed by atoms with van der Waals surface area (Å²) in [6.45, 7) is 6.96. The number of aromatic nitrogens is 2. The highest BCUT2D eigenvalue weighted by Crippen LogP contribution is 2.34. The van der Waals surface area contributed by atoms with Crippen molar-refractivity contribution < 1.29 is 27.8 Å². The van der Waals surface area contributed by atoms with Gasteiger partial charge < -0.3 is 24.4 Å². The highest BCUT2D eigenvalue weighted by atomic mass is 19.1. The Hall–Kier alpha value is -3.66. The molecular formula is C28H34F2N4O4. The number of nitrogens with one attached hydrogen (secondary N) is 1. The minimum absolute atomic E-state index is 0.0637. The number of urea groups is 1. The average molecular weight is 529 g/mol. The molecule has 0 unspecified atom stereocenters. The van der Waals surface area contributed by atoms with Crippen LogP contribution in [-0.2, 0) is 17.7 Å². The maximum absolute atomic E-state index is 14.7. The monoisotopic (exact) mass is 528 g/mol. The van der Waals surface area contributed by atoms with E-state index in [2.05, 4.69) is 5.32 Å². The summed E-state index contributed by atoms with van der Waals surface area (Å²) in [5, 5.41) is 7.73. The molecule has 0 saturated carbocycles. The molecule has 0 radical (unpaired) electrons. The van der Waals surface area contributed by atoms with Gasteiger partial charge in [0.2, 0.25) is 5.88 Å². The van der Waals surface area contributed by atoms with Gasteiger partial charge in [0, 0.05) is 25.3 Å². The van der Waals surface area contributed by atoms with Crippen LogP contribution in [0.1, 0.15) is 44.9 Å². The molecule has 1 fully saturated rings. The van der Waals surface area contributed by atoms with E-state index in [-0.39, 0.29) is 36.4 Å². The predicted octanol–water partition coefficient (Wildman–Crippen LogP) is 5.61. The highest BCUT2D eigenvalue weighted by molar-refractivity contribution is 5.74. The molecular weight excluding hydrogens is 494 g/mol. The zero-order valence-corrected chi connectivity index (χ0v) is 22.2. The van der Waals surface area contributed by atoms with E-state index in [9.17, 15) is 13.6 Å². The van der Waals surface area contributed by atoms with Gasteiger partial charge in [-0.1, -0.05) is 6.92 Å². The second-order valence-electron chi connectivity index (χ2n) is 9.49. The number of hydrogen-bond donors (Lipinski definition) is 1. The fraction of sp³-hybridized carbons (Fsp3) is 0.429. The van der Waals surface area contributed by atoms with Crippen LogP contribution in [0.15, 0.2) is 42.5 Å². The van der Waals surface area contributed by atoms with Crippen LogP contribution in [-0.4, -0.2) is 53.1 Å². The van der Waals surface area contributed by atoms with E-state index in [1.807, 2.05) is 20.8 Å². The summed E-state index contributed by atoms with van der Waals surface area (Å²) in [5.74, 6) is -0.794. The number of benzene rings is 2. The molecule has 0 spiro atoms. The van der Waals surface area contributed by atoms with Gasteiger partial charge >= 0.3 is 6.03 Å². The van der Waals surface area contributed by atoms with E-state index >= 15 is 0 Å². The van der Waals surface area contributed by atoms with Gasteiger partial charge in [0.25, 0.3) is 0 Å². The van der Waals surface area contributed by atoms with Gasteiger partial charge in [0.05, 0.1) is 36.7 Å². The second kappa shape index (κ2) is 12.3. The predicted molar refractivity (Wildman–Crippen MR) is 139 cm³/mol.